The lowest BCUT2D eigenvalue weighted by Gasteiger charge is -2.27. The van der Waals surface area contributed by atoms with E-state index in [1.807, 2.05) is 0 Å². The first kappa shape index (κ1) is 18.5. The highest BCUT2D eigenvalue weighted by atomic mass is 16.5. The lowest BCUT2D eigenvalue weighted by atomic mass is 10.1. The van der Waals surface area contributed by atoms with Crippen LogP contribution in [0.25, 0.3) is 0 Å². The van der Waals surface area contributed by atoms with Crippen LogP contribution < -0.4 is 5.32 Å². The molecule has 2 heterocycles. The van der Waals surface area contributed by atoms with Crippen LogP contribution >= 0.6 is 0 Å². The van der Waals surface area contributed by atoms with Gasteiger partial charge in [-0.1, -0.05) is 0 Å². The number of nitrogens with zero attached hydrogens (tertiary/aromatic N) is 2. The van der Waals surface area contributed by atoms with Gasteiger partial charge in [-0.15, -0.1) is 0 Å². The number of ether oxygens (including phenoxy) is 1. The number of hydrogen-bond acceptors (Lipinski definition) is 5. The van der Waals surface area contributed by atoms with E-state index in [1.54, 1.807) is 20.8 Å². The third-order valence-electron chi connectivity index (χ3n) is 3.75. The van der Waals surface area contributed by atoms with Crippen LogP contribution in [0.5, 0.6) is 0 Å². The molecule has 0 fully saturated rings. The first-order valence-corrected chi connectivity index (χ1v) is 7.70. The van der Waals surface area contributed by atoms with Gasteiger partial charge in [0, 0.05) is 18.6 Å². The number of rotatable bonds is 3. The zero-order chi connectivity index (χ0) is 18.9. The van der Waals surface area contributed by atoms with Crippen molar-refractivity contribution in [2.75, 3.05) is 13.7 Å². The third-order valence-corrected chi connectivity index (χ3v) is 3.75. The summed E-state index contributed by atoms with van der Waals surface area (Å²) in [5.74, 6) is -2.26. The van der Waals surface area contributed by atoms with Crippen molar-refractivity contribution in [1.29, 1.82) is 0 Å². The van der Waals surface area contributed by atoms with Crippen LogP contribution in [0.3, 0.4) is 0 Å². The van der Waals surface area contributed by atoms with Gasteiger partial charge in [0.2, 0.25) is 0 Å². The number of amides is 2. The summed E-state index contributed by atoms with van der Waals surface area (Å²) in [4.78, 5) is 49.0. The van der Waals surface area contributed by atoms with E-state index in [0.717, 1.165) is 4.90 Å². The van der Waals surface area contributed by atoms with Crippen LogP contribution in [0, 0.1) is 0 Å². The molecule has 0 aliphatic carbocycles. The van der Waals surface area contributed by atoms with E-state index in [0.29, 0.717) is 5.69 Å². The highest BCUT2D eigenvalue weighted by Crippen LogP contribution is 2.24. The predicted octanol–water partition coefficient (Wildman–Crippen LogP) is 0.866. The summed E-state index contributed by atoms with van der Waals surface area (Å²) in [6.07, 6.45) is -1.12. The molecule has 0 saturated heterocycles. The minimum Gasteiger partial charge on any atom is -0.465 e. The summed E-state index contributed by atoms with van der Waals surface area (Å²) in [7, 11) is 1.19. The highest BCUT2D eigenvalue weighted by molar-refractivity contribution is 6.42. The van der Waals surface area contributed by atoms with Crippen molar-refractivity contribution in [1.82, 2.24) is 14.8 Å². The molecule has 25 heavy (non-hydrogen) atoms. The van der Waals surface area contributed by atoms with Crippen molar-refractivity contribution in [3.63, 3.8) is 0 Å². The molecule has 136 valence electrons. The number of methoxy groups -OCH3 is 1. The molecule has 0 bridgehead atoms. The molecule has 0 unspecified atom stereocenters. The van der Waals surface area contributed by atoms with Gasteiger partial charge >= 0.3 is 12.1 Å². The number of Topliss-reactive ketones (excluding diaryl/α,β-unsaturated/α-hetero) is 1. The number of aromatic nitrogens is 1. The summed E-state index contributed by atoms with van der Waals surface area (Å²) in [5, 5.41) is 11.7. The van der Waals surface area contributed by atoms with Gasteiger partial charge in [0.05, 0.1) is 30.6 Å². The van der Waals surface area contributed by atoms with Crippen LogP contribution in [0.4, 0.5) is 4.79 Å². The topological polar surface area (TPSA) is 118 Å². The maximum Gasteiger partial charge on any atom is 0.407 e. The van der Waals surface area contributed by atoms with Gasteiger partial charge in [0.15, 0.2) is 0 Å². The molecule has 2 amide bonds. The maximum atomic E-state index is 12.5. The molecule has 9 heteroatoms. The van der Waals surface area contributed by atoms with Gasteiger partial charge in [-0.25, -0.2) is 9.59 Å². The quantitative estimate of drug-likeness (QED) is 0.474. The fourth-order valence-corrected chi connectivity index (χ4v) is 2.65. The molecule has 1 aliphatic heterocycles. The zero-order valence-corrected chi connectivity index (χ0v) is 14.6. The van der Waals surface area contributed by atoms with Gasteiger partial charge in [-0.05, 0) is 26.8 Å². The maximum absolute atomic E-state index is 12.5. The summed E-state index contributed by atoms with van der Waals surface area (Å²) < 4.78 is 6.21. The SMILES string of the molecule is COC(=O)c1cc(C(=O)C(=O)NC(C)(C)C)n2c1CN(C(=O)O)CC2. The van der Waals surface area contributed by atoms with E-state index in [9.17, 15) is 19.2 Å². The monoisotopic (exact) mass is 351 g/mol. The standard InChI is InChI=1S/C16H21N3O6/c1-16(2,3)17-13(21)12(20)10-7-9(14(22)25-4)11-8-18(15(23)24)5-6-19(10)11/h7H,5-6,8H2,1-4H3,(H,17,21)(H,23,24). The molecule has 0 saturated carbocycles. The largest absolute Gasteiger partial charge is 0.465 e. The molecule has 9 nitrogen and oxygen atoms in total. The first-order chi connectivity index (χ1) is 11.5. The lowest BCUT2D eigenvalue weighted by Crippen LogP contribution is -2.45. The number of hydrogen-bond donors (Lipinski definition) is 2. The Morgan fingerprint density at radius 1 is 1.20 bits per heavy atom. The molecular formula is C16H21N3O6. The molecule has 2 rings (SSSR count). The van der Waals surface area contributed by atoms with Crippen molar-refractivity contribution in [3.8, 4) is 0 Å². The first-order valence-electron chi connectivity index (χ1n) is 7.70. The van der Waals surface area contributed by atoms with Crippen molar-refractivity contribution in [3.05, 3.63) is 23.0 Å². The predicted molar refractivity (Wildman–Crippen MR) is 86.4 cm³/mol. The highest BCUT2D eigenvalue weighted by Gasteiger charge is 2.32. The van der Waals surface area contributed by atoms with Gasteiger partial charge in [0.25, 0.3) is 11.7 Å². The molecular weight excluding hydrogens is 330 g/mol. The smallest absolute Gasteiger partial charge is 0.407 e. The Bertz CT molecular complexity index is 744. The van der Waals surface area contributed by atoms with Crippen molar-refractivity contribution < 1.29 is 29.0 Å². The normalized spacial score (nSPS) is 13.8. The van der Waals surface area contributed by atoms with Gasteiger partial charge in [-0.3, -0.25) is 9.59 Å². The van der Waals surface area contributed by atoms with Crippen LogP contribution in [0.2, 0.25) is 0 Å². The van der Waals surface area contributed by atoms with Crippen LogP contribution in [-0.2, 0) is 22.6 Å². The van der Waals surface area contributed by atoms with E-state index >= 15 is 0 Å². The van der Waals surface area contributed by atoms with E-state index < -0.39 is 29.3 Å². The second-order valence-corrected chi connectivity index (χ2v) is 6.77. The van der Waals surface area contributed by atoms with Crippen molar-refractivity contribution in [2.45, 2.75) is 39.4 Å². The molecule has 1 aromatic rings. The van der Waals surface area contributed by atoms with E-state index in [4.69, 9.17) is 9.84 Å². The Balaban J connectivity index is 2.44. The third kappa shape index (κ3) is 3.81. The Morgan fingerprint density at radius 2 is 1.84 bits per heavy atom. The summed E-state index contributed by atoms with van der Waals surface area (Å²) >= 11 is 0. The van der Waals surface area contributed by atoms with Crippen molar-refractivity contribution >= 4 is 23.8 Å². The minimum absolute atomic E-state index is 0.0437. The minimum atomic E-state index is -1.12. The second kappa shape index (κ2) is 6.58. The summed E-state index contributed by atoms with van der Waals surface area (Å²) in [6, 6.07) is 1.29. The summed E-state index contributed by atoms with van der Waals surface area (Å²) in [6.45, 7) is 5.50. The van der Waals surface area contributed by atoms with Gasteiger partial charge in [0.1, 0.15) is 0 Å². The van der Waals surface area contributed by atoms with Crippen molar-refractivity contribution in [2.24, 2.45) is 0 Å². The summed E-state index contributed by atoms with van der Waals surface area (Å²) in [5.41, 5.74) is -0.120. The van der Waals surface area contributed by atoms with Crippen LogP contribution in [-0.4, -0.2) is 57.5 Å². The second-order valence-electron chi connectivity index (χ2n) is 6.77. The number of carboxylic acid groups (broad SMARTS) is 1. The number of nitrogens with one attached hydrogen (secondary N) is 1. The molecule has 1 aliphatic rings. The van der Waals surface area contributed by atoms with Gasteiger partial charge in [-0.2, -0.15) is 0 Å². The molecule has 0 radical (unpaired) electrons. The van der Waals surface area contributed by atoms with Crippen LogP contribution in [0.1, 0.15) is 47.3 Å². The van der Waals surface area contributed by atoms with E-state index in [1.165, 1.54) is 17.7 Å². The molecule has 0 atom stereocenters. The average molecular weight is 351 g/mol. The fraction of sp³-hybridized carbons (Fsp3) is 0.500. The molecule has 0 spiro atoms. The Hall–Kier alpha value is -2.84. The molecule has 2 N–H and O–H groups in total. The molecule has 1 aromatic heterocycles. The zero-order valence-electron chi connectivity index (χ0n) is 14.6. The Kier molecular flexibility index (Phi) is 4.87. The fourth-order valence-electron chi connectivity index (χ4n) is 2.65. The van der Waals surface area contributed by atoms with Gasteiger partial charge < -0.3 is 24.6 Å². The average Bonchev–Trinajstić information content (AvgIpc) is 2.90. The molecule has 0 aromatic carbocycles. The Labute approximate surface area is 144 Å². The van der Waals surface area contributed by atoms with Crippen LogP contribution in [0.15, 0.2) is 6.07 Å². The number of carbonyl (C=O) groups excluding carboxylic acids is 3. The number of ketones is 1. The number of carbonyl (C=O) groups is 4. The number of fused-ring (bicyclic) bond motifs is 1. The lowest BCUT2D eigenvalue weighted by molar-refractivity contribution is -0.118. The Morgan fingerprint density at radius 3 is 2.36 bits per heavy atom. The van der Waals surface area contributed by atoms with E-state index in [2.05, 4.69) is 5.32 Å². The number of esters is 1. The van der Waals surface area contributed by atoms with E-state index in [-0.39, 0.29) is 30.9 Å².